The zero-order valence-electron chi connectivity index (χ0n) is 15.4. The maximum absolute atomic E-state index is 12.3. The number of halogens is 3. The number of carbonyl (C=O) groups is 1. The van der Waals surface area contributed by atoms with E-state index in [9.17, 15) is 18.0 Å². The molecule has 1 aliphatic heterocycles. The third-order valence-corrected chi connectivity index (χ3v) is 5.54. The summed E-state index contributed by atoms with van der Waals surface area (Å²) in [6.07, 6.45) is 1.93. The molecule has 1 saturated carbocycles. The molecule has 2 aliphatic rings. The summed E-state index contributed by atoms with van der Waals surface area (Å²) in [5, 5.41) is 2.68. The fourth-order valence-electron chi connectivity index (χ4n) is 4.22. The highest BCUT2D eigenvalue weighted by Gasteiger charge is 2.32. The summed E-state index contributed by atoms with van der Waals surface area (Å²) in [5.41, 5.74) is 0.313. The van der Waals surface area contributed by atoms with Gasteiger partial charge in [0.1, 0.15) is 31.9 Å². The molecule has 2 fully saturated rings. The zero-order valence-corrected chi connectivity index (χ0v) is 15.4. The van der Waals surface area contributed by atoms with Crippen molar-refractivity contribution < 1.29 is 32.5 Å². The van der Waals surface area contributed by atoms with Crippen LogP contribution in [0.2, 0.25) is 0 Å². The third-order valence-electron chi connectivity index (χ3n) is 5.54. The van der Waals surface area contributed by atoms with Gasteiger partial charge < -0.3 is 19.9 Å². The number of anilines is 1. The highest BCUT2D eigenvalue weighted by molar-refractivity contribution is 5.91. The van der Waals surface area contributed by atoms with Crippen LogP contribution in [0.3, 0.4) is 0 Å². The van der Waals surface area contributed by atoms with Crippen LogP contribution in [0.1, 0.15) is 32.1 Å². The van der Waals surface area contributed by atoms with E-state index in [1.807, 2.05) is 0 Å². The summed E-state index contributed by atoms with van der Waals surface area (Å²) in [6, 6.07) is 6.16. The first-order valence-corrected chi connectivity index (χ1v) is 9.73. The van der Waals surface area contributed by atoms with Crippen LogP contribution < -0.4 is 19.9 Å². The third kappa shape index (κ3) is 6.39. The van der Waals surface area contributed by atoms with Crippen molar-refractivity contribution in [1.29, 1.82) is 0 Å². The molecule has 0 unspecified atom stereocenters. The minimum absolute atomic E-state index is 0.185. The number of rotatable bonds is 5. The smallest absolute Gasteiger partial charge is 0.406 e. The Morgan fingerprint density at radius 1 is 1.11 bits per heavy atom. The molecule has 0 spiro atoms. The second kappa shape index (κ2) is 8.93. The van der Waals surface area contributed by atoms with E-state index in [0.717, 1.165) is 32.2 Å². The van der Waals surface area contributed by atoms with Crippen molar-refractivity contribution in [3.63, 3.8) is 0 Å². The lowest BCUT2D eigenvalue weighted by Gasteiger charge is -2.36. The van der Waals surface area contributed by atoms with E-state index < -0.39 is 6.36 Å². The molecule has 0 bridgehead atoms. The molecular weight excluding hydrogens is 359 g/mol. The lowest BCUT2D eigenvalue weighted by molar-refractivity contribution is -1.02. The molecule has 0 atom stereocenters. The fraction of sp³-hybridized carbons (Fsp3) is 0.632. The van der Waals surface area contributed by atoms with Crippen molar-refractivity contribution in [3.8, 4) is 5.75 Å². The number of alkyl halides is 3. The van der Waals surface area contributed by atoms with Crippen molar-refractivity contribution in [2.75, 3.05) is 38.0 Å². The van der Waals surface area contributed by atoms with E-state index in [1.165, 1.54) is 55.2 Å². The summed E-state index contributed by atoms with van der Waals surface area (Å²) in [5.74, 6) is -0.521. The van der Waals surface area contributed by atoms with Gasteiger partial charge in [0.25, 0.3) is 5.91 Å². The van der Waals surface area contributed by atoms with Gasteiger partial charge in [0.2, 0.25) is 0 Å². The topological polar surface area (TPSA) is 47.2 Å². The Balaban J connectivity index is 1.44. The Morgan fingerprint density at radius 2 is 1.81 bits per heavy atom. The van der Waals surface area contributed by atoms with E-state index in [0.29, 0.717) is 12.2 Å². The molecule has 1 heterocycles. The van der Waals surface area contributed by atoms with Gasteiger partial charge in [-0.2, -0.15) is 0 Å². The van der Waals surface area contributed by atoms with Gasteiger partial charge in [-0.15, -0.1) is 13.2 Å². The largest absolute Gasteiger partial charge is 0.573 e. The Morgan fingerprint density at radius 3 is 2.48 bits per heavy atom. The zero-order chi connectivity index (χ0) is 19.3. The minimum Gasteiger partial charge on any atom is -0.406 e. The average molecular weight is 387 g/mol. The van der Waals surface area contributed by atoms with E-state index in [1.54, 1.807) is 11.0 Å². The molecule has 3 N–H and O–H groups in total. The molecule has 1 aromatic rings. The van der Waals surface area contributed by atoms with E-state index >= 15 is 0 Å². The van der Waals surface area contributed by atoms with Crippen molar-refractivity contribution in [2.45, 2.75) is 44.5 Å². The summed E-state index contributed by atoms with van der Waals surface area (Å²) >= 11 is 0. The summed E-state index contributed by atoms with van der Waals surface area (Å²) < 4.78 is 40.8. The summed E-state index contributed by atoms with van der Waals surface area (Å²) in [7, 11) is 0. The van der Waals surface area contributed by atoms with E-state index in [-0.39, 0.29) is 11.7 Å². The molecule has 150 valence electrons. The number of quaternary nitrogens is 2. The van der Waals surface area contributed by atoms with Crippen molar-refractivity contribution in [2.24, 2.45) is 0 Å². The Labute approximate surface area is 157 Å². The number of ether oxygens (including phenoxy) is 1. The summed E-state index contributed by atoms with van der Waals surface area (Å²) in [6.45, 7) is 4.42. The molecule has 0 radical (unpaired) electrons. The van der Waals surface area contributed by atoms with Crippen LogP contribution in [-0.2, 0) is 4.79 Å². The van der Waals surface area contributed by atoms with Crippen molar-refractivity contribution in [3.05, 3.63) is 24.3 Å². The average Bonchev–Trinajstić information content (AvgIpc) is 2.62. The predicted octanol–water partition coefficient (Wildman–Crippen LogP) is 0.640. The highest BCUT2D eigenvalue weighted by atomic mass is 19.4. The Kier molecular flexibility index (Phi) is 6.59. The molecule has 1 aromatic carbocycles. The van der Waals surface area contributed by atoms with Gasteiger partial charge >= 0.3 is 6.36 Å². The summed E-state index contributed by atoms with van der Waals surface area (Å²) in [4.78, 5) is 15.2. The minimum atomic E-state index is -4.74. The number of benzene rings is 1. The first kappa shape index (κ1) is 19.9. The standard InChI is InChI=1S/C19H26F3N3O2/c20-19(21,22)27-17-8-4-5-15(13-17)23-18(26)14-24-9-11-25(12-10-24)16-6-2-1-3-7-16/h4-5,8,13,16H,1-3,6-7,9-12,14H2,(H,23,26)/p+2. The lowest BCUT2D eigenvalue weighted by Crippen LogP contribution is -3.30. The first-order chi connectivity index (χ1) is 12.9. The normalized spacial score (nSPS) is 24.4. The van der Waals surface area contributed by atoms with Crippen molar-refractivity contribution in [1.82, 2.24) is 0 Å². The highest BCUT2D eigenvalue weighted by Crippen LogP contribution is 2.24. The molecule has 1 aliphatic carbocycles. The van der Waals surface area contributed by atoms with Crippen LogP contribution >= 0.6 is 0 Å². The van der Waals surface area contributed by atoms with Crippen LogP contribution in [0.5, 0.6) is 5.75 Å². The second-order valence-electron chi connectivity index (χ2n) is 7.54. The quantitative estimate of drug-likeness (QED) is 0.695. The van der Waals surface area contributed by atoms with Gasteiger partial charge in [-0.1, -0.05) is 12.5 Å². The predicted molar refractivity (Wildman–Crippen MR) is 94.9 cm³/mol. The molecule has 0 aromatic heterocycles. The maximum Gasteiger partial charge on any atom is 0.573 e. The SMILES string of the molecule is O=C(C[NH+]1CC[NH+](C2CCCCC2)CC1)Nc1cccc(OC(F)(F)F)c1. The molecule has 27 heavy (non-hydrogen) atoms. The Bertz CT molecular complexity index is 625. The van der Waals surface area contributed by atoms with Gasteiger partial charge in [-0.3, -0.25) is 4.79 Å². The van der Waals surface area contributed by atoms with Gasteiger partial charge in [0.05, 0.1) is 6.04 Å². The van der Waals surface area contributed by atoms with Gasteiger partial charge in [-0.05, 0) is 37.8 Å². The molecular formula is C19H28F3N3O2+2. The fourth-order valence-corrected chi connectivity index (χ4v) is 4.22. The second-order valence-corrected chi connectivity index (χ2v) is 7.54. The van der Waals surface area contributed by atoms with Gasteiger partial charge in [0, 0.05) is 11.8 Å². The monoisotopic (exact) mass is 387 g/mol. The number of hydrogen-bond acceptors (Lipinski definition) is 2. The van der Waals surface area contributed by atoms with Gasteiger partial charge in [-0.25, -0.2) is 0 Å². The van der Waals surface area contributed by atoms with Crippen LogP contribution in [0.4, 0.5) is 18.9 Å². The van der Waals surface area contributed by atoms with E-state index in [2.05, 4.69) is 10.1 Å². The molecule has 5 nitrogen and oxygen atoms in total. The molecule has 1 saturated heterocycles. The van der Waals surface area contributed by atoms with Crippen LogP contribution in [0.25, 0.3) is 0 Å². The first-order valence-electron chi connectivity index (χ1n) is 9.73. The van der Waals surface area contributed by atoms with Gasteiger partial charge in [0.15, 0.2) is 6.54 Å². The van der Waals surface area contributed by atoms with Crippen molar-refractivity contribution >= 4 is 11.6 Å². The van der Waals surface area contributed by atoms with Crippen LogP contribution in [0, 0.1) is 0 Å². The molecule has 8 heteroatoms. The Hall–Kier alpha value is -1.80. The molecule has 1 amide bonds. The number of nitrogens with one attached hydrogen (secondary N) is 3. The number of piperazine rings is 1. The lowest BCUT2D eigenvalue weighted by atomic mass is 9.94. The van der Waals surface area contributed by atoms with Crippen LogP contribution in [0.15, 0.2) is 24.3 Å². The van der Waals surface area contributed by atoms with E-state index in [4.69, 9.17) is 0 Å². The molecule has 3 rings (SSSR count). The maximum atomic E-state index is 12.3. The number of carbonyl (C=O) groups excluding carboxylic acids is 1. The number of amides is 1. The number of hydrogen-bond donors (Lipinski definition) is 3. The van der Waals surface area contributed by atoms with Crippen LogP contribution in [-0.4, -0.2) is 51.0 Å².